The highest BCUT2D eigenvalue weighted by Crippen LogP contribution is 2.05. The van der Waals surface area contributed by atoms with Crippen LogP contribution in [0, 0.1) is 0 Å². The molecule has 0 aliphatic carbocycles. The van der Waals surface area contributed by atoms with Crippen molar-refractivity contribution in [1.29, 1.82) is 0 Å². The Labute approximate surface area is 132 Å². The van der Waals surface area contributed by atoms with Crippen molar-refractivity contribution >= 4 is 11.0 Å². The van der Waals surface area contributed by atoms with Gasteiger partial charge in [0.2, 0.25) is 6.33 Å². The smallest absolute Gasteiger partial charge is 0.242 e. The number of aromatic nitrogens is 2. The molecule has 1 aromatic heterocycles. The van der Waals surface area contributed by atoms with E-state index < -0.39 is 0 Å². The lowest BCUT2D eigenvalue weighted by molar-refractivity contribution is -0.692. The summed E-state index contributed by atoms with van der Waals surface area (Å²) in [6.07, 6.45) is 4.39. The number of nitrogens with two attached hydrogens (primary N) is 1. The number of H-pyrrole nitrogens is 1. The van der Waals surface area contributed by atoms with Crippen LogP contribution in [-0.2, 0) is 11.3 Å². The summed E-state index contributed by atoms with van der Waals surface area (Å²) in [6, 6.07) is 8.42. The number of ether oxygens (including phenoxy) is 1. The third-order valence-corrected chi connectivity index (χ3v) is 3.15. The summed E-state index contributed by atoms with van der Waals surface area (Å²) in [5, 5.41) is 2.37. The van der Waals surface area contributed by atoms with Gasteiger partial charge in [0.1, 0.15) is 0 Å². The molecule has 3 N–H and O–H groups in total. The molecule has 0 fully saturated rings. The predicted molar refractivity (Wildman–Crippen MR) is 71.3 cm³/mol. The molecule has 0 atom stereocenters. The quantitative estimate of drug-likeness (QED) is 0.370. The zero-order valence-corrected chi connectivity index (χ0v) is 13.3. The van der Waals surface area contributed by atoms with Crippen molar-refractivity contribution in [3.05, 3.63) is 30.6 Å². The normalized spacial score (nSPS) is 10.1. The number of benzene rings is 1. The fourth-order valence-corrected chi connectivity index (χ4v) is 2.17. The van der Waals surface area contributed by atoms with Gasteiger partial charge in [0.15, 0.2) is 11.0 Å². The Morgan fingerprint density at radius 1 is 1.15 bits per heavy atom. The average molecular weight is 320 g/mol. The Morgan fingerprint density at radius 2 is 1.90 bits per heavy atom. The van der Waals surface area contributed by atoms with E-state index in [1.165, 1.54) is 24.0 Å². The molecule has 0 saturated carbocycles. The van der Waals surface area contributed by atoms with E-state index in [0.717, 1.165) is 26.1 Å². The second-order valence-electron chi connectivity index (χ2n) is 4.55. The largest absolute Gasteiger partial charge is 1.00 e. The lowest BCUT2D eigenvalue weighted by atomic mass is 10.3. The number of rotatable bonds is 8. The van der Waals surface area contributed by atoms with Crippen molar-refractivity contribution in [2.75, 3.05) is 26.8 Å². The van der Waals surface area contributed by atoms with Crippen molar-refractivity contribution < 1.29 is 39.4 Å². The van der Waals surface area contributed by atoms with Crippen LogP contribution in [0.1, 0.15) is 12.8 Å². The number of hydrogen-bond donors (Lipinski definition) is 2. The highest BCUT2D eigenvalue weighted by Gasteiger charge is 2.07. The van der Waals surface area contributed by atoms with E-state index in [1.54, 1.807) is 7.11 Å². The number of imidazole rings is 1. The topological polar surface area (TPSA) is 45.5 Å². The Hall–Kier alpha value is -0.810. The van der Waals surface area contributed by atoms with Gasteiger partial charge in [-0.05, 0) is 12.1 Å². The van der Waals surface area contributed by atoms with Gasteiger partial charge in [0, 0.05) is 20.0 Å². The Balaban J connectivity index is 0.00000180. The lowest BCUT2D eigenvalue weighted by Crippen LogP contribution is -3.00. The summed E-state index contributed by atoms with van der Waals surface area (Å²) in [5.74, 6) is 0. The van der Waals surface area contributed by atoms with Gasteiger partial charge in [-0.2, -0.15) is 0 Å². The van der Waals surface area contributed by atoms with Gasteiger partial charge >= 0.3 is 0 Å². The number of quaternary nitrogens is 1. The molecule has 1 aromatic carbocycles. The fourth-order valence-electron chi connectivity index (χ4n) is 2.17. The Bertz CT molecular complexity index is 476. The number of nitrogens with zero attached hydrogens (tertiary/aromatic N) is 1. The Kier molecular flexibility index (Phi) is 10.5. The summed E-state index contributed by atoms with van der Waals surface area (Å²) in [5.41, 5.74) is 2.50. The molecule has 0 saturated heterocycles. The van der Waals surface area contributed by atoms with Crippen LogP contribution in [0.3, 0.4) is 0 Å². The van der Waals surface area contributed by atoms with Gasteiger partial charge in [-0.3, -0.25) is 0 Å². The van der Waals surface area contributed by atoms with Crippen LogP contribution in [0.25, 0.3) is 11.0 Å². The molecule has 4 nitrogen and oxygen atoms in total. The SMILES string of the molecule is COCCC[NH2+]CCC[n+]1c[nH]c2ccccc21.[Cl-].[Cl-]. The standard InChI is InChI=1S/C14H21N3O.2ClH/c1-18-11-5-9-15-8-4-10-17-12-16-13-6-2-3-7-14(13)17;;/h2-3,6-7,12,15H,4-5,8-11H2,1H3;2*1H. The summed E-state index contributed by atoms with van der Waals surface area (Å²) >= 11 is 0. The minimum Gasteiger partial charge on any atom is -1.00 e. The molecule has 2 rings (SSSR count). The molecule has 1 heterocycles. The highest BCUT2D eigenvalue weighted by molar-refractivity contribution is 5.70. The van der Waals surface area contributed by atoms with Crippen LogP contribution in [-0.4, -0.2) is 31.8 Å². The summed E-state index contributed by atoms with van der Waals surface area (Å²) in [6.45, 7) is 4.28. The van der Waals surface area contributed by atoms with Crippen molar-refractivity contribution in [2.24, 2.45) is 0 Å². The monoisotopic (exact) mass is 319 g/mol. The Morgan fingerprint density at radius 3 is 2.70 bits per heavy atom. The number of nitrogens with one attached hydrogen (secondary N) is 1. The van der Waals surface area contributed by atoms with Gasteiger partial charge in [-0.25, -0.2) is 9.55 Å². The fraction of sp³-hybridized carbons (Fsp3) is 0.500. The molecule has 20 heavy (non-hydrogen) atoms. The van der Waals surface area contributed by atoms with Gasteiger partial charge in [0.25, 0.3) is 0 Å². The van der Waals surface area contributed by atoms with Crippen molar-refractivity contribution in [1.82, 2.24) is 4.98 Å². The van der Waals surface area contributed by atoms with Crippen molar-refractivity contribution in [3.8, 4) is 0 Å². The van der Waals surface area contributed by atoms with E-state index in [9.17, 15) is 0 Å². The number of aryl methyl sites for hydroxylation is 1. The molecule has 0 aliphatic heterocycles. The molecule has 0 spiro atoms. The lowest BCUT2D eigenvalue weighted by Gasteiger charge is -2.00. The first-order valence-electron chi connectivity index (χ1n) is 6.68. The third-order valence-electron chi connectivity index (χ3n) is 3.15. The van der Waals surface area contributed by atoms with Crippen LogP contribution in [0.4, 0.5) is 0 Å². The van der Waals surface area contributed by atoms with E-state index >= 15 is 0 Å². The first kappa shape index (κ1) is 19.2. The number of para-hydroxylation sites is 2. The second-order valence-corrected chi connectivity index (χ2v) is 4.55. The first-order valence-corrected chi connectivity index (χ1v) is 6.68. The van der Waals surface area contributed by atoms with Crippen LogP contribution in [0.15, 0.2) is 30.6 Å². The molecule has 114 valence electrons. The van der Waals surface area contributed by atoms with Crippen LogP contribution < -0.4 is 34.7 Å². The maximum atomic E-state index is 5.03. The number of methoxy groups -OCH3 is 1. The zero-order valence-electron chi connectivity index (χ0n) is 11.8. The molecule has 0 unspecified atom stereocenters. The van der Waals surface area contributed by atoms with Crippen LogP contribution >= 0.6 is 0 Å². The molecule has 0 radical (unpaired) electrons. The number of fused-ring (bicyclic) bond motifs is 1. The van der Waals surface area contributed by atoms with Gasteiger partial charge < -0.3 is 34.9 Å². The number of halogens is 2. The number of aromatic amines is 1. The zero-order chi connectivity index (χ0) is 12.6. The van der Waals surface area contributed by atoms with E-state index in [0.29, 0.717) is 0 Å². The molecule has 0 aliphatic rings. The van der Waals surface area contributed by atoms with Gasteiger partial charge in [-0.15, -0.1) is 0 Å². The molecule has 2 aromatic rings. The minimum atomic E-state index is 0. The maximum absolute atomic E-state index is 5.03. The van der Waals surface area contributed by atoms with Crippen LogP contribution in [0.2, 0.25) is 0 Å². The third kappa shape index (κ3) is 5.67. The first-order chi connectivity index (χ1) is 8.92. The second kappa shape index (κ2) is 10.9. The van der Waals surface area contributed by atoms with E-state index in [1.807, 2.05) is 0 Å². The van der Waals surface area contributed by atoms with Gasteiger partial charge in [-0.1, -0.05) is 12.1 Å². The molecule has 0 amide bonds. The van der Waals surface area contributed by atoms with E-state index in [4.69, 9.17) is 4.74 Å². The minimum absolute atomic E-state index is 0. The summed E-state index contributed by atoms with van der Waals surface area (Å²) < 4.78 is 7.32. The molecular formula is C14H23Cl2N3O. The molecular weight excluding hydrogens is 297 g/mol. The molecule has 0 bridgehead atoms. The highest BCUT2D eigenvalue weighted by atomic mass is 35.5. The van der Waals surface area contributed by atoms with Crippen molar-refractivity contribution in [2.45, 2.75) is 19.4 Å². The number of hydrogen-bond acceptors (Lipinski definition) is 1. The van der Waals surface area contributed by atoms with Crippen LogP contribution in [0.5, 0.6) is 0 Å². The van der Waals surface area contributed by atoms with Crippen molar-refractivity contribution in [3.63, 3.8) is 0 Å². The summed E-state index contributed by atoms with van der Waals surface area (Å²) in [7, 11) is 1.76. The van der Waals surface area contributed by atoms with Gasteiger partial charge in [0.05, 0.1) is 26.2 Å². The van der Waals surface area contributed by atoms with E-state index in [2.05, 4.69) is 45.5 Å². The average Bonchev–Trinajstić information content (AvgIpc) is 2.81. The molecule has 6 heteroatoms. The van der Waals surface area contributed by atoms with E-state index in [-0.39, 0.29) is 24.8 Å². The predicted octanol–water partition coefficient (Wildman–Crippen LogP) is -5.55. The maximum Gasteiger partial charge on any atom is 0.242 e. The summed E-state index contributed by atoms with van der Waals surface area (Å²) in [4.78, 5) is 3.29.